The van der Waals surface area contributed by atoms with Crippen LogP contribution in [0.1, 0.15) is 31.1 Å². The molecule has 0 aliphatic carbocycles. The quantitative estimate of drug-likeness (QED) is 0.805. The first-order valence-corrected chi connectivity index (χ1v) is 8.33. The van der Waals surface area contributed by atoms with Crippen LogP contribution in [0.25, 0.3) is 0 Å². The molecule has 2 aromatic rings. The Morgan fingerprint density at radius 3 is 2.43 bits per heavy atom. The molecule has 0 radical (unpaired) electrons. The third kappa shape index (κ3) is 4.39. The molecule has 0 bridgehead atoms. The smallest absolute Gasteiger partial charge is 0.150 e. The Kier molecular flexibility index (Phi) is 5.07. The summed E-state index contributed by atoms with van der Waals surface area (Å²) in [6.07, 6.45) is 1.67. The van der Waals surface area contributed by atoms with Gasteiger partial charge in [-0.3, -0.25) is 9.80 Å². The van der Waals surface area contributed by atoms with Crippen molar-refractivity contribution in [2.75, 3.05) is 26.2 Å². The van der Waals surface area contributed by atoms with Gasteiger partial charge in [0.2, 0.25) is 0 Å². The van der Waals surface area contributed by atoms with E-state index in [9.17, 15) is 0 Å². The minimum absolute atomic E-state index is 0.581. The maximum atomic E-state index is 5.30. The molecule has 3 rings (SSSR count). The van der Waals surface area contributed by atoms with Crippen LogP contribution in [-0.4, -0.2) is 55.9 Å². The first-order chi connectivity index (χ1) is 11.1. The Bertz CT molecular complexity index is 612. The molecule has 0 unspecified atom stereocenters. The number of aromatic nitrogens is 4. The average Bonchev–Trinajstić information content (AvgIpc) is 3.10. The van der Waals surface area contributed by atoms with Gasteiger partial charge in [-0.1, -0.05) is 19.0 Å². The second-order valence-corrected chi connectivity index (χ2v) is 6.74. The Morgan fingerprint density at radius 1 is 1.13 bits per heavy atom. The third-order valence-corrected chi connectivity index (χ3v) is 4.12. The van der Waals surface area contributed by atoms with Gasteiger partial charge >= 0.3 is 0 Å². The minimum atomic E-state index is 0.581. The largest absolute Gasteiger partial charge is 0.360 e. The van der Waals surface area contributed by atoms with E-state index in [2.05, 4.69) is 38.9 Å². The van der Waals surface area contributed by atoms with Crippen molar-refractivity contribution in [3.05, 3.63) is 29.7 Å². The van der Waals surface area contributed by atoms with Crippen LogP contribution in [-0.2, 0) is 19.6 Å². The molecule has 126 valence electrons. The van der Waals surface area contributed by atoms with Crippen molar-refractivity contribution in [1.29, 1.82) is 0 Å². The molecular formula is C16H26N6O. The van der Waals surface area contributed by atoms with Crippen molar-refractivity contribution < 1.29 is 4.52 Å². The number of aryl methyl sites for hydroxylation is 1. The summed E-state index contributed by atoms with van der Waals surface area (Å²) in [7, 11) is 0. The van der Waals surface area contributed by atoms with Crippen LogP contribution < -0.4 is 0 Å². The molecule has 1 fully saturated rings. The van der Waals surface area contributed by atoms with Gasteiger partial charge in [-0.15, -0.1) is 0 Å². The standard InChI is InChI=1S/C16H26N6O/c1-13(2)9-22-16(17-12-18-22)11-21-6-4-20(5-7-21)10-15-8-14(3)19-23-15/h8,12-13H,4-7,9-11H2,1-3H3. The van der Waals surface area contributed by atoms with E-state index >= 15 is 0 Å². The lowest BCUT2D eigenvalue weighted by molar-refractivity contribution is 0.110. The molecule has 1 aliphatic heterocycles. The molecule has 0 amide bonds. The van der Waals surface area contributed by atoms with Gasteiger partial charge in [0.05, 0.1) is 18.8 Å². The summed E-state index contributed by atoms with van der Waals surface area (Å²) in [6, 6.07) is 2.01. The number of hydrogen-bond acceptors (Lipinski definition) is 6. The van der Waals surface area contributed by atoms with E-state index in [1.807, 2.05) is 17.7 Å². The van der Waals surface area contributed by atoms with Gasteiger partial charge < -0.3 is 4.52 Å². The fourth-order valence-electron chi connectivity index (χ4n) is 2.93. The van der Waals surface area contributed by atoms with Crippen molar-refractivity contribution in [2.45, 2.75) is 40.4 Å². The second kappa shape index (κ2) is 7.23. The molecule has 1 aliphatic rings. The van der Waals surface area contributed by atoms with Crippen molar-refractivity contribution in [2.24, 2.45) is 5.92 Å². The van der Waals surface area contributed by atoms with E-state index in [1.54, 1.807) is 6.33 Å². The molecule has 0 spiro atoms. The maximum Gasteiger partial charge on any atom is 0.150 e. The number of hydrogen-bond donors (Lipinski definition) is 0. The highest BCUT2D eigenvalue weighted by molar-refractivity contribution is 5.03. The summed E-state index contributed by atoms with van der Waals surface area (Å²) in [4.78, 5) is 9.29. The van der Waals surface area contributed by atoms with E-state index < -0.39 is 0 Å². The topological polar surface area (TPSA) is 63.2 Å². The van der Waals surface area contributed by atoms with Crippen LogP contribution in [0.2, 0.25) is 0 Å². The number of nitrogens with zero attached hydrogens (tertiary/aromatic N) is 6. The van der Waals surface area contributed by atoms with E-state index in [1.165, 1.54) is 0 Å². The Labute approximate surface area is 137 Å². The zero-order valence-electron chi connectivity index (χ0n) is 14.3. The number of rotatable bonds is 6. The first kappa shape index (κ1) is 16.1. The zero-order chi connectivity index (χ0) is 16.2. The van der Waals surface area contributed by atoms with Gasteiger partial charge in [0, 0.05) is 38.8 Å². The summed E-state index contributed by atoms with van der Waals surface area (Å²) in [5, 5.41) is 8.29. The molecule has 7 heteroatoms. The van der Waals surface area contributed by atoms with Crippen LogP contribution in [0.3, 0.4) is 0 Å². The van der Waals surface area contributed by atoms with Gasteiger partial charge in [-0.25, -0.2) is 9.67 Å². The zero-order valence-corrected chi connectivity index (χ0v) is 14.3. The molecule has 1 saturated heterocycles. The Balaban J connectivity index is 1.48. The average molecular weight is 318 g/mol. The van der Waals surface area contributed by atoms with Gasteiger partial charge in [0.1, 0.15) is 12.2 Å². The van der Waals surface area contributed by atoms with E-state index in [0.717, 1.165) is 63.1 Å². The van der Waals surface area contributed by atoms with E-state index in [-0.39, 0.29) is 0 Å². The van der Waals surface area contributed by atoms with E-state index in [0.29, 0.717) is 5.92 Å². The van der Waals surface area contributed by atoms with Crippen LogP contribution in [0, 0.1) is 12.8 Å². The normalized spacial score (nSPS) is 17.2. The van der Waals surface area contributed by atoms with Crippen LogP contribution in [0.5, 0.6) is 0 Å². The highest BCUT2D eigenvalue weighted by Crippen LogP contribution is 2.12. The molecule has 7 nitrogen and oxygen atoms in total. The molecule has 0 N–H and O–H groups in total. The van der Waals surface area contributed by atoms with Gasteiger partial charge in [-0.05, 0) is 12.8 Å². The maximum absolute atomic E-state index is 5.30. The summed E-state index contributed by atoms with van der Waals surface area (Å²) in [6.45, 7) is 13.2. The second-order valence-electron chi connectivity index (χ2n) is 6.74. The summed E-state index contributed by atoms with van der Waals surface area (Å²) in [5.74, 6) is 2.60. The third-order valence-electron chi connectivity index (χ3n) is 4.12. The summed E-state index contributed by atoms with van der Waals surface area (Å²) >= 11 is 0. The predicted octanol–water partition coefficient (Wildman–Crippen LogP) is 1.55. The van der Waals surface area contributed by atoms with Gasteiger partial charge in [-0.2, -0.15) is 5.10 Å². The predicted molar refractivity (Wildman–Crippen MR) is 86.7 cm³/mol. The first-order valence-electron chi connectivity index (χ1n) is 8.33. The van der Waals surface area contributed by atoms with Crippen molar-refractivity contribution >= 4 is 0 Å². The van der Waals surface area contributed by atoms with Crippen molar-refractivity contribution in [1.82, 2.24) is 29.7 Å². The van der Waals surface area contributed by atoms with Crippen molar-refractivity contribution in [3.63, 3.8) is 0 Å². The van der Waals surface area contributed by atoms with Crippen LogP contribution >= 0.6 is 0 Å². The summed E-state index contributed by atoms with van der Waals surface area (Å²) in [5.41, 5.74) is 0.947. The number of piperazine rings is 1. The molecule has 23 heavy (non-hydrogen) atoms. The Morgan fingerprint density at radius 2 is 1.83 bits per heavy atom. The van der Waals surface area contributed by atoms with Crippen molar-refractivity contribution in [3.8, 4) is 0 Å². The lowest BCUT2D eigenvalue weighted by Crippen LogP contribution is -2.45. The molecule has 0 aromatic carbocycles. The Hall–Kier alpha value is -1.73. The molecule has 0 atom stereocenters. The fraction of sp³-hybridized carbons (Fsp3) is 0.688. The highest BCUT2D eigenvalue weighted by Gasteiger charge is 2.20. The van der Waals surface area contributed by atoms with E-state index in [4.69, 9.17) is 4.52 Å². The fourth-order valence-corrected chi connectivity index (χ4v) is 2.93. The lowest BCUT2D eigenvalue weighted by Gasteiger charge is -2.33. The van der Waals surface area contributed by atoms with Crippen LogP contribution in [0.4, 0.5) is 0 Å². The summed E-state index contributed by atoms with van der Waals surface area (Å²) < 4.78 is 7.34. The lowest BCUT2D eigenvalue weighted by atomic mass is 10.2. The molecule has 0 saturated carbocycles. The molecule has 2 aromatic heterocycles. The molecule has 3 heterocycles. The van der Waals surface area contributed by atoms with Crippen LogP contribution in [0.15, 0.2) is 16.9 Å². The SMILES string of the molecule is Cc1cc(CN2CCN(Cc3ncnn3CC(C)C)CC2)on1. The minimum Gasteiger partial charge on any atom is -0.360 e. The monoisotopic (exact) mass is 318 g/mol. The molecular weight excluding hydrogens is 292 g/mol. The highest BCUT2D eigenvalue weighted by atomic mass is 16.5. The van der Waals surface area contributed by atoms with Gasteiger partial charge in [0.15, 0.2) is 5.76 Å². The van der Waals surface area contributed by atoms with Gasteiger partial charge in [0.25, 0.3) is 0 Å².